The van der Waals surface area contributed by atoms with Crippen LogP contribution < -0.4 is 5.73 Å². The van der Waals surface area contributed by atoms with Crippen LogP contribution in [0.25, 0.3) is 0 Å². The summed E-state index contributed by atoms with van der Waals surface area (Å²) in [6, 6.07) is 8.37. The molecule has 0 fully saturated rings. The van der Waals surface area contributed by atoms with E-state index in [0.717, 1.165) is 12.0 Å². The molecule has 0 bridgehead atoms. The topological polar surface area (TPSA) is 35.2 Å². The lowest BCUT2D eigenvalue weighted by atomic mass is 10.1. The second kappa shape index (κ2) is 9.11. The lowest BCUT2D eigenvalue weighted by Gasteiger charge is -2.17. The van der Waals surface area contributed by atoms with Crippen molar-refractivity contribution in [2.24, 2.45) is 5.73 Å². The number of hydrogen-bond donors (Lipinski definition) is 1. The molecule has 0 aromatic heterocycles. The van der Waals surface area contributed by atoms with Crippen molar-refractivity contribution in [3.63, 3.8) is 0 Å². The van der Waals surface area contributed by atoms with Crippen molar-refractivity contribution in [2.45, 2.75) is 65.0 Å². The van der Waals surface area contributed by atoms with Crippen molar-refractivity contribution in [1.29, 1.82) is 0 Å². The van der Waals surface area contributed by atoms with Gasteiger partial charge in [-0.3, -0.25) is 0 Å². The van der Waals surface area contributed by atoms with E-state index in [2.05, 4.69) is 45.0 Å². The normalized spacial score (nSPS) is 14.3. The van der Waals surface area contributed by atoms with Crippen LogP contribution in [0.5, 0.6) is 0 Å². The SMILES string of the molecule is CCCCCCC(C)OCC(N)c1ccc(C)cc1. The molecular weight excluding hydrogens is 234 g/mol. The van der Waals surface area contributed by atoms with Gasteiger partial charge < -0.3 is 10.5 Å². The first kappa shape index (κ1) is 16.2. The fourth-order valence-corrected chi connectivity index (χ4v) is 2.12. The molecule has 0 saturated heterocycles. The average Bonchev–Trinajstić information content (AvgIpc) is 2.42. The smallest absolute Gasteiger partial charge is 0.0662 e. The second-order valence-electron chi connectivity index (χ2n) is 5.51. The predicted octanol–water partition coefficient (Wildman–Crippen LogP) is 4.37. The fourth-order valence-electron chi connectivity index (χ4n) is 2.12. The monoisotopic (exact) mass is 263 g/mol. The Labute approximate surface area is 118 Å². The van der Waals surface area contributed by atoms with Crippen molar-refractivity contribution in [2.75, 3.05) is 6.61 Å². The van der Waals surface area contributed by atoms with Gasteiger partial charge in [-0.25, -0.2) is 0 Å². The molecule has 19 heavy (non-hydrogen) atoms. The van der Waals surface area contributed by atoms with Crippen molar-refractivity contribution in [3.8, 4) is 0 Å². The molecule has 2 nitrogen and oxygen atoms in total. The quantitative estimate of drug-likeness (QED) is 0.671. The molecule has 0 radical (unpaired) electrons. The highest BCUT2D eigenvalue weighted by molar-refractivity contribution is 5.23. The molecule has 1 aromatic carbocycles. The summed E-state index contributed by atoms with van der Waals surface area (Å²) in [7, 11) is 0. The number of rotatable bonds is 9. The van der Waals surface area contributed by atoms with Gasteiger partial charge >= 0.3 is 0 Å². The van der Waals surface area contributed by atoms with Crippen molar-refractivity contribution in [3.05, 3.63) is 35.4 Å². The highest BCUT2D eigenvalue weighted by Crippen LogP contribution is 2.14. The Kier molecular flexibility index (Phi) is 7.76. The van der Waals surface area contributed by atoms with Crippen LogP contribution in [-0.4, -0.2) is 12.7 Å². The van der Waals surface area contributed by atoms with E-state index < -0.39 is 0 Å². The lowest BCUT2D eigenvalue weighted by molar-refractivity contribution is 0.0490. The first-order chi connectivity index (χ1) is 9.13. The molecule has 1 rings (SSSR count). The molecule has 0 spiro atoms. The molecule has 2 N–H and O–H groups in total. The molecule has 2 atom stereocenters. The Hall–Kier alpha value is -0.860. The van der Waals surface area contributed by atoms with Crippen LogP contribution in [0.15, 0.2) is 24.3 Å². The Morgan fingerprint density at radius 3 is 2.42 bits per heavy atom. The number of hydrogen-bond acceptors (Lipinski definition) is 2. The molecular formula is C17H29NO. The maximum absolute atomic E-state index is 6.14. The van der Waals surface area contributed by atoms with E-state index in [0.29, 0.717) is 12.7 Å². The minimum atomic E-state index is -0.0151. The Balaban J connectivity index is 2.22. The zero-order valence-corrected chi connectivity index (χ0v) is 12.7. The maximum atomic E-state index is 6.14. The summed E-state index contributed by atoms with van der Waals surface area (Å²) >= 11 is 0. The first-order valence-electron chi connectivity index (χ1n) is 7.57. The van der Waals surface area contributed by atoms with E-state index in [1.54, 1.807) is 0 Å². The van der Waals surface area contributed by atoms with Crippen LogP contribution in [0.3, 0.4) is 0 Å². The van der Waals surface area contributed by atoms with Crippen LogP contribution in [0.4, 0.5) is 0 Å². The summed E-state index contributed by atoms with van der Waals surface area (Å²) in [6.07, 6.45) is 6.64. The third kappa shape index (κ3) is 6.74. The lowest BCUT2D eigenvalue weighted by Crippen LogP contribution is -2.20. The van der Waals surface area contributed by atoms with Gasteiger partial charge in [0, 0.05) is 0 Å². The second-order valence-corrected chi connectivity index (χ2v) is 5.51. The molecule has 0 aliphatic rings. The summed E-state index contributed by atoms with van der Waals surface area (Å²) in [5, 5.41) is 0. The summed E-state index contributed by atoms with van der Waals surface area (Å²) in [6.45, 7) is 7.08. The van der Waals surface area contributed by atoms with Gasteiger partial charge in [0.25, 0.3) is 0 Å². The van der Waals surface area contributed by atoms with Crippen molar-refractivity contribution in [1.82, 2.24) is 0 Å². The summed E-state index contributed by atoms with van der Waals surface area (Å²) in [5.41, 5.74) is 8.57. The van der Waals surface area contributed by atoms with E-state index >= 15 is 0 Å². The van der Waals surface area contributed by atoms with Crippen LogP contribution in [0.1, 0.15) is 63.1 Å². The van der Waals surface area contributed by atoms with E-state index in [9.17, 15) is 0 Å². The third-order valence-corrected chi connectivity index (χ3v) is 3.53. The van der Waals surface area contributed by atoms with Crippen LogP contribution in [-0.2, 0) is 4.74 Å². The van der Waals surface area contributed by atoms with Gasteiger partial charge in [0.2, 0.25) is 0 Å². The third-order valence-electron chi connectivity index (χ3n) is 3.53. The molecule has 0 saturated carbocycles. The molecule has 108 valence electrons. The van der Waals surface area contributed by atoms with E-state index in [4.69, 9.17) is 10.5 Å². The standard InChI is InChI=1S/C17H29NO/c1-4-5-6-7-8-15(3)19-13-17(18)16-11-9-14(2)10-12-16/h9-12,15,17H,4-8,13,18H2,1-3H3. The Morgan fingerprint density at radius 2 is 1.79 bits per heavy atom. The van der Waals surface area contributed by atoms with Crippen LogP contribution >= 0.6 is 0 Å². The van der Waals surface area contributed by atoms with Crippen LogP contribution in [0, 0.1) is 6.92 Å². The van der Waals surface area contributed by atoms with Crippen LogP contribution in [0.2, 0.25) is 0 Å². The van der Waals surface area contributed by atoms with Crippen molar-refractivity contribution < 1.29 is 4.74 Å². The zero-order valence-electron chi connectivity index (χ0n) is 12.7. The van der Waals surface area contributed by atoms with Gasteiger partial charge in [-0.05, 0) is 25.8 Å². The van der Waals surface area contributed by atoms with Gasteiger partial charge in [-0.2, -0.15) is 0 Å². The number of unbranched alkanes of at least 4 members (excludes halogenated alkanes) is 3. The average molecular weight is 263 g/mol. The molecule has 0 aliphatic heterocycles. The minimum Gasteiger partial charge on any atom is -0.377 e. The van der Waals surface area contributed by atoms with Crippen molar-refractivity contribution >= 4 is 0 Å². The van der Waals surface area contributed by atoms with Gasteiger partial charge in [0.1, 0.15) is 0 Å². The molecule has 0 aliphatic carbocycles. The molecule has 2 unspecified atom stereocenters. The highest BCUT2D eigenvalue weighted by Gasteiger charge is 2.08. The highest BCUT2D eigenvalue weighted by atomic mass is 16.5. The molecule has 1 aromatic rings. The van der Waals surface area contributed by atoms with Gasteiger partial charge in [0.05, 0.1) is 18.8 Å². The number of aryl methyl sites for hydroxylation is 1. The summed E-state index contributed by atoms with van der Waals surface area (Å²) < 4.78 is 5.84. The molecule has 0 heterocycles. The van der Waals surface area contributed by atoms with Gasteiger partial charge in [-0.1, -0.05) is 62.4 Å². The maximum Gasteiger partial charge on any atom is 0.0662 e. The number of benzene rings is 1. The van der Waals surface area contributed by atoms with E-state index in [1.165, 1.54) is 31.2 Å². The van der Waals surface area contributed by atoms with Gasteiger partial charge in [-0.15, -0.1) is 0 Å². The predicted molar refractivity (Wildman–Crippen MR) is 82.3 cm³/mol. The largest absolute Gasteiger partial charge is 0.377 e. The summed E-state index contributed by atoms with van der Waals surface area (Å²) in [5.74, 6) is 0. The summed E-state index contributed by atoms with van der Waals surface area (Å²) in [4.78, 5) is 0. The van der Waals surface area contributed by atoms with E-state index in [-0.39, 0.29) is 6.04 Å². The Morgan fingerprint density at radius 1 is 1.11 bits per heavy atom. The molecule has 0 amide bonds. The Bertz CT molecular complexity index is 334. The molecule has 2 heteroatoms. The van der Waals surface area contributed by atoms with E-state index in [1.807, 2.05) is 0 Å². The number of nitrogens with two attached hydrogens (primary N) is 1. The minimum absolute atomic E-state index is 0.0151. The number of ether oxygens (including phenoxy) is 1. The van der Waals surface area contributed by atoms with Gasteiger partial charge in [0.15, 0.2) is 0 Å². The zero-order chi connectivity index (χ0) is 14.1. The first-order valence-corrected chi connectivity index (χ1v) is 7.57. The fraction of sp³-hybridized carbons (Fsp3) is 0.647.